The highest BCUT2D eigenvalue weighted by Gasteiger charge is 2.30. The van der Waals surface area contributed by atoms with Gasteiger partial charge in [-0.15, -0.1) is 0 Å². The molecule has 0 bridgehead atoms. The van der Waals surface area contributed by atoms with E-state index in [0.717, 1.165) is 16.8 Å². The van der Waals surface area contributed by atoms with Gasteiger partial charge in [-0.2, -0.15) is 17.9 Å². The largest absolute Gasteiger partial charge is 0.416 e. The molecule has 1 unspecified atom stereocenters. The summed E-state index contributed by atoms with van der Waals surface area (Å²) in [5.74, 6) is 0. The van der Waals surface area contributed by atoms with Gasteiger partial charge in [0.1, 0.15) is 0 Å². The topological polar surface area (TPSA) is 63.6 Å². The summed E-state index contributed by atoms with van der Waals surface area (Å²) in [5.41, 5.74) is -0.702. The first-order chi connectivity index (χ1) is 8.39. The van der Waals surface area contributed by atoms with E-state index >= 15 is 0 Å². The smallest absolute Gasteiger partial charge is 0.244 e. The van der Waals surface area contributed by atoms with E-state index < -0.39 is 23.5 Å². The van der Waals surface area contributed by atoms with Gasteiger partial charge in [0.2, 0.25) is 0 Å². The van der Waals surface area contributed by atoms with Crippen LogP contribution in [0.1, 0.15) is 24.1 Å². The van der Waals surface area contributed by atoms with Gasteiger partial charge < -0.3 is 0 Å². The Hall–Kier alpha value is -2.12. The van der Waals surface area contributed by atoms with E-state index in [9.17, 15) is 18.0 Å². The molecule has 1 N–H and O–H groups in total. The number of nitrogens with zero attached hydrogens (tertiary/aromatic N) is 3. The van der Waals surface area contributed by atoms with Gasteiger partial charge in [0.15, 0.2) is 0 Å². The molecule has 2 aromatic rings. The molecular formula is C10H9F3N4O. The van der Waals surface area contributed by atoms with Gasteiger partial charge in [0.05, 0.1) is 11.6 Å². The van der Waals surface area contributed by atoms with Crippen LogP contribution in [-0.4, -0.2) is 20.2 Å². The molecule has 1 aromatic carbocycles. The Bertz CT molecular complexity index is 584. The van der Waals surface area contributed by atoms with Crippen molar-refractivity contribution in [2.24, 2.45) is 0 Å². The van der Waals surface area contributed by atoms with Gasteiger partial charge >= 0.3 is 11.9 Å². The molecule has 1 aromatic heterocycles. The minimum Gasteiger partial charge on any atom is -0.244 e. The second kappa shape index (κ2) is 4.28. The number of aromatic nitrogens is 4. The Kier molecular flexibility index (Phi) is 2.93. The Morgan fingerprint density at radius 2 is 1.89 bits per heavy atom. The molecule has 1 atom stereocenters. The van der Waals surface area contributed by atoms with Crippen LogP contribution in [0, 0.1) is 0 Å². The van der Waals surface area contributed by atoms with Crippen molar-refractivity contribution in [1.29, 1.82) is 0 Å². The highest BCUT2D eigenvalue weighted by Crippen LogP contribution is 2.30. The first-order valence-corrected chi connectivity index (χ1v) is 5.06. The van der Waals surface area contributed by atoms with Crippen LogP contribution < -0.4 is 5.69 Å². The summed E-state index contributed by atoms with van der Waals surface area (Å²) in [4.78, 5) is 11.3. The van der Waals surface area contributed by atoms with Crippen molar-refractivity contribution in [3.05, 3.63) is 45.9 Å². The zero-order valence-electron chi connectivity index (χ0n) is 9.27. The molecule has 0 fully saturated rings. The lowest BCUT2D eigenvalue weighted by Crippen LogP contribution is -2.22. The molecule has 96 valence electrons. The average molecular weight is 258 g/mol. The summed E-state index contributed by atoms with van der Waals surface area (Å²) in [6.45, 7) is 1.65. The van der Waals surface area contributed by atoms with Gasteiger partial charge in [-0.25, -0.2) is 9.89 Å². The second-order valence-electron chi connectivity index (χ2n) is 3.75. The fourth-order valence-corrected chi connectivity index (χ4v) is 1.55. The predicted octanol–water partition coefficient (Wildman–Crippen LogP) is 1.59. The number of halogens is 3. The van der Waals surface area contributed by atoms with E-state index in [0.29, 0.717) is 5.56 Å². The highest BCUT2D eigenvalue weighted by atomic mass is 19.4. The van der Waals surface area contributed by atoms with Crippen molar-refractivity contribution in [1.82, 2.24) is 20.2 Å². The molecule has 2 rings (SSSR count). The molecule has 0 saturated carbocycles. The maximum Gasteiger partial charge on any atom is 0.416 e. The SMILES string of the molecule is CC(c1ccc(C(F)(F)F)cc1)n1nn[nH]c1=O. The number of nitrogens with one attached hydrogen (secondary N) is 1. The molecular weight excluding hydrogens is 249 g/mol. The summed E-state index contributed by atoms with van der Waals surface area (Å²) in [6.07, 6.45) is -4.37. The maximum absolute atomic E-state index is 12.4. The zero-order valence-corrected chi connectivity index (χ0v) is 9.27. The number of tetrazole rings is 1. The molecule has 1 heterocycles. The lowest BCUT2D eigenvalue weighted by molar-refractivity contribution is -0.137. The second-order valence-corrected chi connectivity index (χ2v) is 3.75. The van der Waals surface area contributed by atoms with Crippen molar-refractivity contribution in [3.8, 4) is 0 Å². The van der Waals surface area contributed by atoms with E-state index in [1.54, 1.807) is 6.92 Å². The van der Waals surface area contributed by atoms with Crippen molar-refractivity contribution in [3.63, 3.8) is 0 Å². The first-order valence-electron chi connectivity index (χ1n) is 5.06. The summed E-state index contributed by atoms with van der Waals surface area (Å²) in [6, 6.07) is 4.08. The van der Waals surface area contributed by atoms with Crippen molar-refractivity contribution in [2.75, 3.05) is 0 Å². The van der Waals surface area contributed by atoms with Crippen LogP contribution in [-0.2, 0) is 6.18 Å². The van der Waals surface area contributed by atoms with Crippen LogP contribution >= 0.6 is 0 Å². The minimum atomic E-state index is -4.37. The van der Waals surface area contributed by atoms with E-state index in [1.807, 2.05) is 0 Å². The Labute approximate surface area is 99.2 Å². The molecule has 0 spiro atoms. The first kappa shape index (κ1) is 12.3. The lowest BCUT2D eigenvalue weighted by atomic mass is 10.1. The van der Waals surface area contributed by atoms with E-state index in [1.165, 1.54) is 12.1 Å². The third-order valence-corrected chi connectivity index (χ3v) is 2.58. The van der Waals surface area contributed by atoms with Gasteiger partial charge in [0, 0.05) is 0 Å². The molecule has 0 aliphatic carbocycles. The third-order valence-electron chi connectivity index (χ3n) is 2.58. The number of rotatable bonds is 2. The number of benzene rings is 1. The van der Waals surface area contributed by atoms with E-state index in [2.05, 4.69) is 15.5 Å². The molecule has 0 radical (unpaired) electrons. The number of alkyl halides is 3. The van der Waals surface area contributed by atoms with Crippen molar-refractivity contribution >= 4 is 0 Å². The lowest BCUT2D eigenvalue weighted by Gasteiger charge is -2.12. The molecule has 5 nitrogen and oxygen atoms in total. The molecule has 8 heteroatoms. The average Bonchev–Trinajstić information content (AvgIpc) is 2.73. The fraction of sp³-hybridized carbons (Fsp3) is 0.300. The third kappa shape index (κ3) is 2.27. The van der Waals surface area contributed by atoms with Crippen LogP contribution in [0.15, 0.2) is 29.1 Å². The highest BCUT2D eigenvalue weighted by molar-refractivity contribution is 5.26. The number of H-pyrrole nitrogens is 1. The van der Waals surface area contributed by atoms with Crippen LogP contribution in [0.4, 0.5) is 13.2 Å². The Balaban J connectivity index is 2.31. The normalized spacial score (nSPS) is 13.6. The summed E-state index contributed by atoms with van der Waals surface area (Å²) >= 11 is 0. The summed E-state index contributed by atoms with van der Waals surface area (Å²) < 4.78 is 38.2. The van der Waals surface area contributed by atoms with Gasteiger partial charge in [-0.3, -0.25) is 0 Å². The summed E-state index contributed by atoms with van der Waals surface area (Å²) in [7, 11) is 0. The van der Waals surface area contributed by atoms with Gasteiger partial charge in [-0.1, -0.05) is 12.1 Å². The van der Waals surface area contributed by atoms with Crippen LogP contribution in [0.5, 0.6) is 0 Å². The Morgan fingerprint density at radius 3 is 2.33 bits per heavy atom. The van der Waals surface area contributed by atoms with E-state index in [4.69, 9.17) is 0 Å². The molecule has 18 heavy (non-hydrogen) atoms. The molecule has 0 aliphatic rings. The van der Waals surface area contributed by atoms with Gasteiger partial charge in [0.25, 0.3) is 0 Å². The monoisotopic (exact) mass is 258 g/mol. The Morgan fingerprint density at radius 1 is 1.28 bits per heavy atom. The maximum atomic E-state index is 12.4. The molecule has 0 aliphatic heterocycles. The van der Waals surface area contributed by atoms with E-state index in [-0.39, 0.29) is 0 Å². The number of hydrogen-bond acceptors (Lipinski definition) is 3. The van der Waals surface area contributed by atoms with Gasteiger partial charge in [-0.05, 0) is 35.0 Å². The number of aromatic amines is 1. The van der Waals surface area contributed by atoms with Crippen LogP contribution in [0.2, 0.25) is 0 Å². The van der Waals surface area contributed by atoms with Crippen LogP contribution in [0.25, 0.3) is 0 Å². The minimum absolute atomic E-state index is 0.487. The fourth-order valence-electron chi connectivity index (χ4n) is 1.55. The molecule has 0 amide bonds. The zero-order chi connectivity index (χ0) is 13.3. The molecule has 0 saturated heterocycles. The number of hydrogen-bond donors (Lipinski definition) is 1. The quantitative estimate of drug-likeness (QED) is 0.889. The van der Waals surface area contributed by atoms with Crippen molar-refractivity contribution in [2.45, 2.75) is 19.1 Å². The van der Waals surface area contributed by atoms with Crippen LogP contribution in [0.3, 0.4) is 0 Å². The van der Waals surface area contributed by atoms with Crippen molar-refractivity contribution < 1.29 is 13.2 Å². The summed E-state index contributed by atoms with van der Waals surface area (Å²) in [5, 5.41) is 8.98. The predicted molar refractivity (Wildman–Crippen MR) is 55.9 cm³/mol. The standard InChI is InChI=1S/C10H9F3N4O/c1-6(17-9(18)14-15-16-17)7-2-4-8(5-3-7)10(11,12)13/h2-6H,1H3,(H,14,16,18).